The molecular weight excluding hydrogens is 314 g/mol. The van der Waals surface area contributed by atoms with E-state index in [1.165, 1.54) is 32.1 Å². The molecule has 2 fully saturated rings. The molecule has 3 heterocycles. The molecule has 0 radical (unpaired) electrons. The molecule has 1 amide bonds. The Bertz CT molecular complexity index is 607. The van der Waals surface area contributed by atoms with Crippen molar-refractivity contribution >= 4 is 5.91 Å². The smallest absolute Gasteiger partial charge is 0.219 e. The monoisotopic (exact) mass is 345 g/mol. The minimum absolute atomic E-state index is 0.184. The van der Waals surface area contributed by atoms with Gasteiger partial charge in [-0.1, -0.05) is 19.3 Å². The third-order valence-electron chi connectivity index (χ3n) is 6.41. The normalized spacial score (nSPS) is 26.3. The minimum Gasteiger partial charge on any atom is -0.342 e. The minimum atomic E-state index is 0.184. The molecule has 1 unspecified atom stereocenters. The van der Waals surface area contributed by atoms with Crippen LogP contribution in [0.2, 0.25) is 0 Å². The molecule has 6 nitrogen and oxygen atoms in total. The van der Waals surface area contributed by atoms with Crippen molar-refractivity contribution in [3.05, 3.63) is 11.6 Å². The number of likely N-dealkylation sites (tertiary alicyclic amines) is 1. The summed E-state index contributed by atoms with van der Waals surface area (Å²) >= 11 is 0. The number of hydrogen-bond acceptors (Lipinski definition) is 4. The topological polar surface area (TPSA) is 54.3 Å². The standard InChI is InChI=1S/C19H31N5O/c1-15(25)23-10-5-6-16(14-23)19-21-20-18-9-11-22(12-13-24(18)19)17-7-3-2-4-8-17/h16-17H,2-14H2,1H3. The fraction of sp³-hybridized carbons (Fsp3) is 0.842. The van der Waals surface area contributed by atoms with Gasteiger partial charge in [0.15, 0.2) is 0 Å². The molecule has 1 aliphatic carbocycles. The van der Waals surface area contributed by atoms with Crippen molar-refractivity contribution in [2.24, 2.45) is 0 Å². The van der Waals surface area contributed by atoms with Crippen LogP contribution in [0.25, 0.3) is 0 Å². The number of piperidine rings is 1. The fourth-order valence-electron chi connectivity index (χ4n) is 4.95. The number of carbonyl (C=O) groups excluding carboxylic acids is 1. The summed E-state index contributed by atoms with van der Waals surface area (Å²) in [6.45, 7) is 6.61. The Hall–Kier alpha value is -1.43. The molecule has 1 aromatic heterocycles. The quantitative estimate of drug-likeness (QED) is 0.824. The summed E-state index contributed by atoms with van der Waals surface area (Å²) in [5.41, 5.74) is 0. The highest BCUT2D eigenvalue weighted by Gasteiger charge is 2.30. The Morgan fingerprint density at radius 1 is 0.960 bits per heavy atom. The second-order valence-corrected chi connectivity index (χ2v) is 8.01. The molecule has 0 aromatic carbocycles. The number of nitrogens with zero attached hydrogens (tertiary/aromatic N) is 5. The van der Waals surface area contributed by atoms with Crippen LogP contribution in [-0.2, 0) is 17.8 Å². The second kappa shape index (κ2) is 7.44. The number of aromatic nitrogens is 3. The zero-order chi connectivity index (χ0) is 17.2. The molecule has 0 spiro atoms. The molecule has 2 aliphatic heterocycles. The van der Waals surface area contributed by atoms with E-state index in [2.05, 4.69) is 19.7 Å². The van der Waals surface area contributed by atoms with Gasteiger partial charge in [-0.25, -0.2) is 0 Å². The van der Waals surface area contributed by atoms with Crippen molar-refractivity contribution in [2.75, 3.05) is 26.2 Å². The maximum Gasteiger partial charge on any atom is 0.219 e. The van der Waals surface area contributed by atoms with Crippen molar-refractivity contribution in [3.8, 4) is 0 Å². The number of rotatable bonds is 2. The van der Waals surface area contributed by atoms with Crippen LogP contribution < -0.4 is 0 Å². The first kappa shape index (κ1) is 17.0. The van der Waals surface area contributed by atoms with E-state index in [0.29, 0.717) is 5.92 Å². The summed E-state index contributed by atoms with van der Waals surface area (Å²) in [7, 11) is 0. The largest absolute Gasteiger partial charge is 0.342 e. The second-order valence-electron chi connectivity index (χ2n) is 8.01. The van der Waals surface area contributed by atoms with Crippen LogP contribution in [0.15, 0.2) is 0 Å². The van der Waals surface area contributed by atoms with E-state index in [9.17, 15) is 4.79 Å². The van der Waals surface area contributed by atoms with Crippen molar-refractivity contribution in [1.29, 1.82) is 0 Å². The Labute approximate surface area is 150 Å². The predicted molar refractivity (Wildman–Crippen MR) is 96.4 cm³/mol. The lowest BCUT2D eigenvalue weighted by Crippen LogP contribution is -2.39. The number of carbonyl (C=O) groups is 1. The molecule has 138 valence electrons. The highest BCUT2D eigenvalue weighted by molar-refractivity contribution is 5.73. The maximum absolute atomic E-state index is 11.8. The summed E-state index contributed by atoms with van der Waals surface area (Å²) in [5, 5.41) is 9.08. The Kier molecular flexibility index (Phi) is 5.06. The van der Waals surface area contributed by atoms with Crippen molar-refractivity contribution < 1.29 is 4.79 Å². The van der Waals surface area contributed by atoms with Gasteiger partial charge in [0, 0.05) is 58.0 Å². The number of hydrogen-bond donors (Lipinski definition) is 0. The van der Waals surface area contributed by atoms with Crippen LogP contribution in [0.5, 0.6) is 0 Å². The summed E-state index contributed by atoms with van der Waals surface area (Å²) in [6.07, 6.45) is 10.1. The van der Waals surface area contributed by atoms with E-state index in [1.807, 2.05) is 4.90 Å². The molecule has 4 rings (SSSR count). The Morgan fingerprint density at radius 2 is 1.80 bits per heavy atom. The van der Waals surface area contributed by atoms with Crippen LogP contribution in [0.3, 0.4) is 0 Å². The lowest BCUT2D eigenvalue weighted by atomic mass is 9.94. The lowest BCUT2D eigenvalue weighted by molar-refractivity contribution is -0.130. The first-order chi connectivity index (χ1) is 12.2. The molecular formula is C19H31N5O. The van der Waals surface area contributed by atoms with Gasteiger partial charge in [0.25, 0.3) is 0 Å². The van der Waals surface area contributed by atoms with Gasteiger partial charge in [-0.2, -0.15) is 0 Å². The molecule has 1 aromatic rings. The van der Waals surface area contributed by atoms with Gasteiger partial charge in [0.2, 0.25) is 5.91 Å². The van der Waals surface area contributed by atoms with Gasteiger partial charge in [-0.3, -0.25) is 9.69 Å². The number of fused-ring (bicyclic) bond motifs is 1. The van der Waals surface area contributed by atoms with Gasteiger partial charge in [0.1, 0.15) is 11.6 Å². The molecule has 0 N–H and O–H groups in total. The van der Waals surface area contributed by atoms with Crippen LogP contribution in [-0.4, -0.2) is 62.7 Å². The third-order valence-corrected chi connectivity index (χ3v) is 6.41. The van der Waals surface area contributed by atoms with Crippen molar-refractivity contribution in [3.63, 3.8) is 0 Å². The predicted octanol–water partition coefficient (Wildman–Crippen LogP) is 2.19. The zero-order valence-electron chi connectivity index (χ0n) is 15.5. The van der Waals surface area contributed by atoms with Crippen LogP contribution in [0, 0.1) is 0 Å². The molecule has 1 atom stereocenters. The molecule has 1 saturated heterocycles. The Balaban J connectivity index is 1.46. The van der Waals surface area contributed by atoms with Crippen LogP contribution in [0.1, 0.15) is 69.4 Å². The molecule has 1 saturated carbocycles. The van der Waals surface area contributed by atoms with Crippen LogP contribution >= 0.6 is 0 Å². The highest BCUT2D eigenvalue weighted by Crippen LogP contribution is 2.28. The summed E-state index contributed by atoms with van der Waals surface area (Å²) in [6, 6.07) is 0.776. The van der Waals surface area contributed by atoms with Crippen LogP contribution in [0.4, 0.5) is 0 Å². The van der Waals surface area contributed by atoms with Gasteiger partial charge < -0.3 is 9.47 Å². The van der Waals surface area contributed by atoms with E-state index < -0.39 is 0 Å². The fourth-order valence-corrected chi connectivity index (χ4v) is 4.95. The van der Waals surface area contributed by atoms with Crippen molar-refractivity contribution in [2.45, 2.75) is 76.8 Å². The molecule has 25 heavy (non-hydrogen) atoms. The first-order valence-electron chi connectivity index (χ1n) is 10.1. The van der Waals surface area contributed by atoms with Gasteiger partial charge in [-0.05, 0) is 25.7 Å². The van der Waals surface area contributed by atoms with Gasteiger partial charge >= 0.3 is 0 Å². The van der Waals surface area contributed by atoms with E-state index in [4.69, 9.17) is 0 Å². The van der Waals surface area contributed by atoms with E-state index >= 15 is 0 Å². The lowest BCUT2D eigenvalue weighted by Gasteiger charge is -2.33. The summed E-state index contributed by atoms with van der Waals surface area (Å²) < 4.78 is 2.37. The number of amides is 1. The average Bonchev–Trinajstić information content (AvgIpc) is 2.94. The van der Waals surface area contributed by atoms with Gasteiger partial charge in [-0.15, -0.1) is 10.2 Å². The highest BCUT2D eigenvalue weighted by atomic mass is 16.2. The molecule has 6 heteroatoms. The van der Waals surface area contributed by atoms with E-state index in [1.54, 1.807) is 6.92 Å². The van der Waals surface area contributed by atoms with Crippen molar-refractivity contribution in [1.82, 2.24) is 24.6 Å². The molecule has 3 aliphatic rings. The first-order valence-corrected chi connectivity index (χ1v) is 10.1. The third kappa shape index (κ3) is 3.59. The summed E-state index contributed by atoms with van der Waals surface area (Å²) in [4.78, 5) is 16.4. The zero-order valence-corrected chi connectivity index (χ0v) is 15.5. The average molecular weight is 345 g/mol. The summed E-state index contributed by atoms with van der Waals surface area (Å²) in [5.74, 6) is 2.80. The van der Waals surface area contributed by atoms with E-state index in [0.717, 1.165) is 69.7 Å². The van der Waals surface area contributed by atoms with Gasteiger partial charge in [0.05, 0.1) is 0 Å². The molecule has 0 bridgehead atoms. The maximum atomic E-state index is 11.8. The Morgan fingerprint density at radius 3 is 2.60 bits per heavy atom. The van der Waals surface area contributed by atoms with E-state index in [-0.39, 0.29) is 5.91 Å². The SMILES string of the molecule is CC(=O)N1CCCC(c2nnc3n2CCN(C2CCCCC2)CC3)C1.